The summed E-state index contributed by atoms with van der Waals surface area (Å²) in [5.41, 5.74) is 2.55. The van der Waals surface area contributed by atoms with E-state index in [4.69, 9.17) is 5.84 Å². The van der Waals surface area contributed by atoms with E-state index in [1.165, 1.54) is 0 Å². The number of hydrogen-bond donors (Lipinski definition) is 2. The maximum Gasteiger partial charge on any atom is 0.161 e. The smallest absolute Gasteiger partial charge is 0.161 e. The Bertz CT molecular complexity index is 453. The Morgan fingerprint density at radius 1 is 1.00 bits per heavy atom. The van der Waals surface area contributed by atoms with E-state index in [1.54, 1.807) is 0 Å². The van der Waals surface area contributed by atoms with E-state index in [-0.39, 0.29) is 16.5 Å². The molecule has 0 aromatic heterocycles. The zero-order chi connectivity index (χ0) is 11.6. The zero-order valence-electron chi connectivity index (χ0n) is 8.49. The fraction of sp³-hybridized carbons (Fsp3) is 0.455. The van der Waals surface area contributed by atoms with Crippen LogP contribution >= 0.6 is 0 Å². The van der Waals surface area contributed by atoms with Crippen molar-refractivity contribution in [3.63, 3.8) is 0 Å². The van der Waals surface area contributed by atoms with E-state index in [2.05, 4.69) is 5.43 Å². The highest BCUT2D eigenvalue weighted by Crippen LogP contribution is 2.67. The molecule has 3 saturated carbocycles. The standard InChI is InChI=1S/C11H11F3N2/c12-7-2-9(14)8(13)1-6(7)10-3-11(4-10,5-10)16-15/h1-2,16H,3-5,15H2. The lowest BCUT2D eigenvalue weighted by molar-refractivity contribution is -0.0903. The van der Waals surface area contributed by atoms with Gasteiger partial charge in [0.1, 0.15) is 5.82 Å². The van der Waals surface area contributed by atoms with Crippen molar-refractivity contribution < 1.29 is 13.2 Å². The van der Waals surface area contributed by atoms with Crippen molar-refractivity contribution in [2.45, 2.75) is 30.2 Å². The van der Waals surface area contributed by atoms with Crippen LogP contribution in [0.5, 0.6) is 0 Å². The summed E-state index contributed by atoms with van der Waals surface area (Å²) >= 11 is 0. The van der Waals surface area contributed by atoms with Gasteiger partial charge in [-0.05, 0) is 30.9 Å². The van der Waals surface area contributed by atoms with Crippen molar-refractivity contribution in [3.8, 4) is 0 Å². The topological polar surface area (TPSA) is 38.0 Å². The first kappa shape index (κ1) is 10.1. The Morgan fingerprint density at radius 3 is 2.12 bits per heavy atom. The number of hydrazine groups is 1. The molecule has 0 radical (unpaired) electrons. The van der Waals surface area contributed by atoms with Crippen molar-refractivity contribution >= 4 is 0 Å². The summed E-state index contributed by atoms with van der Waals surface area (Å²) in [7, 11) is 0. The minimum absolute atomic E-state index is 0.0999. The zero-order valence-corrected chi connectivity index (χ0v) is 8.49. The van der Waals surface area contributed by atoms with Crippen LogP contribution in [-0.2, 0) is 5.41 Å². The number of halogens is 3. The lowest BCUT2D eigenvalue weighted by Gasteiger charge is -2.70. The lowest BCUT2D eigenvalue weighted by atomic mass is 9.37. The van der Waals surface area contributed by atoms with Gasteiger partial charge in [-0.25, -0.2) is 13.2 Å². The highest BCUT2D eigenvalue weighted by molar-refractivity contribution is 5.42. The summed E-state index contributed by atoms with van der Waals surface area (Å²) < 4.78 is 39.4. The van der Waals surface area contributed by atoms with E-state index in [0.29, 0.717) is 25.3 Å². The third-order valence-corrected chi connectivity index (χ3v) is 3.92. The summed E-state index contributed by atoms with van der Waals surface area (Å²) in [4.78, 5) is 0. The van der Waals surface area contributed by atoms with Gasteiger partial charge in [-0.3, -0.25) is 11.3 Å². The van der Waals surface area contributed by atoms with Crippen LogP contribution < -0.4 is 11.3 Å². The van der Waals surface area contributed by atoms with Crippen LogP contribution in [0.3, 0.4) is 0 Å². The van der Waals surface area contributed by atoms with E-state index in [9.17, 15) is 13.2 Å². The minimum Gasteiger partial charge on any atom is -0.271 e. The monoisotopic (exact) mass is 228 g/mol. The van der Waals surface area contributed by atoms with Gasteiger partial charge in [-0.2, -0.15) is 0 Å². The molecule has 0 spiro atoms. The van der Waals surface area contributed by atoms with E-state index in [1.807, 2.05) is 0 Å². The van der Waals surface area contributed by atoms with Gasteiger partial charge in [0.25, 0.3) is 0 Å². The third-order valence-electron chi connectivity index (χ3n) is 3.92. The Kier molecular flexibility index (Phi) is 1.76. The predicted octanol–water partition coefficient (Wildman–Crippen LogP) is 1.74. The molecule has 0 heterocycles. The van der Waals surface area contributed by atoms with Gasteiger partial charge in [0.2, 0.25) is 0 Å². The quantitative estimate of drug-likeness (QED) is 0.459. The van der Waals surface area contributed by atoms with Crippen LogP contribution in [0.15, 0.2) is 12.1 Å². The molecule has 2 bridgehead atoms. The molecule has 3 aliphatic carbocycles. The Labute approximate surface area is 90.6 Å². The van der Waals surface area contributed by atoms with Gasteiger partial charge in [0.05, 0.1) is 0 Å². The number of hydrogen-bond acceptors (Lipinski definition) is 2. The maximum absolute atomic E-state index is 13.5. The minimum atomic E-state index is -1.14. The van der Waals surface area contributed by atoms with E-state index in [0.717, 1.165) is 6.07 Å². The normalized spacial score (nSPS) is 35.5. The summed E-state index contributed by atoms with van der Waals surface area (Å²) in [6.45, 7) is 0. The Balaban J connectivity index is 1.95. The number of nitrogens with one attached hydrogen (secondary N) is 1. The summed E-state index contributed by atoms with van der Waals surface area (Å²) in [6.07, 6.45) is 2.08. The Morgan fingerprint density at radius 2 is 1.56 bits per heavy atom. The molecule has 0 aliphatic heterocycles. The summed E-state index contributed by atoms with van der Waals surface area (Å²) in [6, 6.07) is 1.60. The van der Waals surface area contributed by atoms with Gasteiger partial charge < -0.3 is 0 Å². The number of benzene rings is 1. The van der Waals surface area contributed by atoms with Gasteiger partial charge in [0.15, 0.2) is 11.6 Å². The molecule has 1 aromatic rings. The third kappa shape index (κ3) is 1.05. The second-order valence-corrected chi connectivity index (χ2v) is 4.98. The second-order valence-electron chi connectivity index (χ2n) is 4.98. The molecule has 0 atom stereocenters. The fourth-order valence-corrected chi connectivity index (χ4v) is 3.16. The summed E-state index contributed by atoms with van der Waals surface area (Å²) in [5, 5.41) is 0. The van der Waals surface area contributed by atoms with Crippen molar-refractivity contribution in [1.29, 1.82) is 0 Å². The first-order valence-corrected chi connectivity index (χ1v) is 5.13. The van der Waals surface area contributed by atoms with Crippen molar-refractivity contribution in [2.24, 2.45) is 5.84 Å². The van der Waals surface area contributed by atoms with Crippen LogP contribution in [0.25, 0.3) is 0 Å². The Hall–Kier alpha value is -1.07. The maximum atomic E-state index is 13.5. The molecule has 0 amide bonds. The molecule has 86 valence electrons. The van der Waals surface area contributed by atoms with Gasteiger partial charge in [0, 0.05) is 17.0 Å². The molecule has 0 unspecified atom stereocenters. The SMILES string of the molecule is NNC12CC(c3cc(F)c(F)cc3F)(C1)C2. The number of rotatable bonds is 2. The predicted molar refractivity (Wildman–Crippen MR) is 51.9 cm³/mol. The van der Waals surface area contributed by atoms with Crippen LogP contribution in [0.4, 0.5) is 13.2 Å². The van der Waals surface area contributed by atoms with Crippen LogP contribution in [0, 0.1) is 17.5 Å². The van der Waals surface area contributed by atoms with Gasteiger partial charge in [-0.15, -0.1) is 0 Å². The average Bonchev–Trinajstić information content (AvgIpc) is 2.10. The van der Waals surface area contributed by atoms with E-state index >= 15 is 0 Å². The van der Waals surface area contributed by atoms with E-state index < -0.39 is 17.5 Å². The largest absolute Gasteiger partial charge is 0.271 e. The molecular weight excluding hydrogens is 217 g/mol. The first-order chi connectivity index (χ1) is 7.50. The fourth-order valence-electron chi connectivity index (χ4n) is 3.16. The van der Waals surface area contributed by atoms with Crippen LogP contribution in [0.1, 0.15) is 24.8 Å². The number of nitrogens with two attached hydrogens (primary N) is 1. The van der Waals surface area contributed by atoms with Gasteiger partial charge in [-0.1, -0.05) is 0 Å². The molecule has 16 heavy (non-hydrogen) atoms. The van der Waals surface area contributed by atoms with Crippen LogP contribution in [0.2, 0.25) is 0 Å². The molecular formula is C11H11F3N2. The highest BCUT2D eigenvalue weighted by Gasteiger charge is 2.68. The molecule has 1 aromatic carbocycles. The lowest BCUT2D eigenvalue weighted by Crippen LogP contribution is -2.77. The molecule has 3 N–H and O–H groups in total. The van der Waals surface area contributed by atoms with Crippen molar-refractivity contribution in [1.82, 2.24) is 5.43 Å². The molecule has 3 fully saturated rings. The average molecular weight is 228 g/mol. The first-order valence-electron chi connectivity index (χ1n) is 5.13. The molecule has 5 heteroatoms. The van der Waals surface area contributed by atoms with Crippen LogP contribution in [-0.4, -0.2) is 5.54 Å². The highest BCUT2D eigenvalue weighted by atomic mass is 19.2. The molecule has 3 aliphatic rings. The molecule has 2 nitrogen and oxygen atoms in total. The van der Waals surface area contributed by atoms with Crippen molar-refractivity contribution in [2.75, 3.05) is 0 Å². The summed E-state index contributed by atoms with van der Waals surface area (Å²) in [5.74, 6) is 2.57. The molecule has 0 saturated heterocycles. The second kappa shape index (κ2) is 2.78. The van der Waals surface area contributed by atoms with Crippen molar-refractivity contribution in [3.05, 3.63) is 35.1 Å². The molecule has 4 rings (SSSR count). The van der Waals surface area contributed by atoms with Gasteiger partial charge >= 0.3 is 0 Å².